The van der Waals surface area contributed by atoms with E-state index in [1.165, 1.54) is 27.3 Å². The van der Waals surface area contributed by atoms with Gasteiger partial charge in [-0.15, -0.1) is 0 Å². The van der Waals surface area contributed by atoms with Gasteiger partial charge in [-0.05, 0) is 73.6 Å². The van der Waals surface area contributed by atoms with E-state index in [2.05, 4.69) is 145 Å². The highest BCUT2D eigenvalue weighted by molar-refractivity contribution is 6.23. The van der Waals surface area contributed by atoms with Crippen molar-refractivity contribution in [3.63, 3.8) is 0 Å². The van der Waals surface area contributed by atoms with E-state index in [-0.39, 0.29) is 6.17 Å². The van der Waals surface area contributed by atoms with Crippen LogP contribution in [0.2, 0.25) is 0 Å². The number of aliphatic imine (C=N–C) groups is 2. The van der Waals surface area contributed by atoms with Crippen LogP contribution in [0.1, 0.15) is 22.9 Å². The normalized spacial score (nSPS) is 14.5. The van der Waals surface area contributed by atoms with Gasteiger partial charge < -0.3 is 9.73 Å². The van der Waals surface area contributed by atoms with Crippen LogP contribution in [0.3, 0.4) is 0 Å². The molecule has 8 aromatic carbocycles. The second-order valence-corrected chi connectivity index (χ2v) is 13.0. The van der Waals surface area contributed by atoms with Crippen molar-refractivity contribution in [2.45, 2.75) is 6.17 Å². The summed E-state index contributed by atoms with van der Waals surface area (Å²) in [5.41, 5.74) is 9.18. The number of nitrogens with zero attached hydrogens (tertiary/aromatic N) is 2. The van der Waals surface area contributed by atoms with Crippen LogP contribution in [-0.2, 0) is 0 Å². The van der Waals surface area contributed by atoms with Gasteiger partial charge in [-0.3, -0.25) is 0 Å². The lowest BCUT2D eigenvalue weighted by molar-refractivity contribution is 0.660. The molecular formula is C47H31N3O. The van der Waals surface area contributed by atoms with Crippen molar-refractivity contribution < 1.29 is 4.42 Å². The van der Waals surface area contributed by atoms with Crippen molar-refractivity contribution >= 4 is 55.2 Å². The molecule has 0 spiro atoms. The van der Waals surface area contributed by atoms with Crippen LogP contribution < -0.4 is 5.32 Å². The third kappa shape index (κ3) is 5.08. The minimum Gasteiger partial charge on any atom is -0.455 e. The molecule has 1 aromatic heterocycles. The Morgan fingerprint density at radius 1 is 0.471 bits per heavy atom. The molecule has 0 fully saturated rings. The highest BCUT2D eigenvalue weighted by Crippen LogP contribution is 2.42. The zero-order chi connectivity index (χ0) is 33.7. The number of hydrogen-bond acceptors (Lipinski definition) is 4. The van der Waals surface area contributed by atoms with Gasteiger partial charge >= 0.3 is 0 Å². The Labute approximate surface area is 295 Å². The summed E-state index contributed by atoms with van der Waals surface area (Å²) in [6.45, 7) is 0. The maximum atomic E-state index is 6.90. The summed E-state index contributed by atoms with van der Waals surface area (Å²) in [5, 5.41) is 10.6. The van der Waals surface area contributed by atoms with Crippen molar-refractivity contribution in [3.05, 3.63) is 193 Å². The predicted octanol–water partition coefficient (Wildman–Crippen LogP) is 11.7. The summed E-state index contributed by atoms with van der Waals surface area (Å²) < 4.78 is 6.90. The number of rotatable bonds is 5. The highest BCUT2D eigenvalue weighted by atomic mass is 16.3. The molecule has 2 heterocycles. The summed E-state index contributed by atoms with van der Waals surface area (Å²) in [6, 6.07) is 61.7. The highest BCUT2D eigenvalue weighted by Gasteiger charge is 2.25. The summed E-state index contributed by atoms with van der Waals surface area (Å²) in [4.78, 5) is 10.2. The second kappa shape index (κ2) is 12.0. The van der Waals surface area contributed by atoms with E-state index in [1.54, 1.807) is 0 Å². The van der Waals surface area contributed by atoms with Gasteiger partial charge in [0.25, 0.3) is 0 Å². The lowest BCUT2D eigenvalue weighted by Gasteiger charge is -2.24. The van der Waals surface area contributed by atoms with Gasteiger partial charge in [-0.2, -0.15) is 0 Å². The average Bonchev–Trinajstić information content (AvgIpc) is 3.58. The molecule has 1 unspecified atom stereocenters. The Bertz CT molecular complexity index is 2830. The summed E-state index contributed by atoms with van der Waals surface area (Å²) in [6.07, 6.45) is -0.312. The molecular weight excluding hydrogens is 623 g/mol. The Hall–Kier alpha value is -6.78. The summed E-state index contributed by atoms with van der Waals surface area (Å²) in [5.74, 6) is 1.41. The largest absolute Gasteiger partial charge is 0.455 e. The Kier molecular flexibility index (Phi) is 6.85. The first kappa shape index (κ1) is 29.2. The van der Waals surface area contributed by atoms with Crippen LogP contribution in [0.15, 0.2) is 190 Å². The first-order valence-corrected chi connectivity index (χ1v) is 17.3. The quantitative estimate of drug-likeness (QED) is 0.201. The van der Waals surface area contributed by atoms with Gasteiger partial charge in [0.2, 0.25) is 0 Å². The molecule has 1 aliphatic heterocycles. The van der Waals surface area contributed by atoms with Crippen LogP contribution in [0.25, 0.3) is 65.7 Å². The number of furan rings is 1. The van der Waals surface area contributed by atoms with Crippen molar-refractivity contribution in [1.29, 1.82) is 0 Å². The monoisotopic (exact) mass is 653 g/mol. The number of hydrogen-bond donors (Lipinski definition) is 1. The Morgan fingerprint density at radius 3 is 1.92 bits per heavy atom. The van der Waals surface area contributed by atoms with Gasteiger partial charge in [0.05, 0.1) is 5.56 Å². The molecule has 0 amide bonds. The molecule has 0 saturated carbocycles. The molecule has 0 radical (unpaired) electrons. The lowest BCUT2D eigenvalue weighted by atomic mass is 9.92. The Balaban J connectivity index is 1.20. The second-order valence-electron chi connectivity index (χ2n) is 13.0. The standard InChI is InChI=1S/C47H31N3O/c1-3-14-31(15-4-1)45-48-46(32-16-5-2-6-17-32)50-47(49-45)40-26-25-39(43-41-28-33-18-7-8-19-34(33)29-42(41)51-44(40)43)36-22-11-21-35(27-36)38-24-12-20-30-13-9-10-23-37(30)38/h1-29,45H,(H,48,49,50). The van der Waals surface area contributed by atoms with Crippen molar-refractivity contribution in [3.8, 4) is 22.3 Å². The first-order chi connectivity index (χ1) is 25.3. The fourth-order valence-corrected chi connectivity index (χ4v) is 7.43. The van der Waals surface area contributed by atoms with Crippen LogP contribution in [0.4, 0.5) is 0 Å². The molecule has 240 valence electrons. The van der Waals surface area contributed by atoms with E-state index in [1.807, 2.05) is 36.4 Å². The van der Waals surface area contributed by atoms with Crippen LogP contribution >= 0.6 is 0 Å². The van der Waals surface area contributed by atoms with Gasteiger partial charge in [-0.25, -0.2) is 9.98 Å². The van der Waals surface area contributed by atoms with Gasteiger partial charge in [-0.1, -0.05) is 152 Å². The molecule has 51 heavy (non-hydrogen) atoms. The van der Waals surface area contributed by atoms with E-state index in [0.717, 1.165) is 61.0 Å². The number of amidine groups is 2. The molecule has 1 atom stereocenters. The summed E-state index contributed by atoms with van der Waals surface area (Å²) in [7, 11) is 0. The van der Waals surface area contributed by atoms with Crippen molar-refractivity contribution in [1.82, 2.24) is 5.32 Å². The van der Waals surface area contributed by atoms with E-state index < -0.39 is 0 Å². The maximum absolute atomic E-state index is 6.90. The molecule has 1 N–H and O–H groups in total. The molecule has 10 rings (SSSR count). The zero-order valence-electron chi connectivity index (χ0n) is 27.6. The van der Waals surface area contributed by atoms with Crippen LogP contribution in [0.5, 0.6) is 0 Å². The van der Waals surface area contributed by atoms with Gasteiger partial charge in [0.15, 0.2) is 5.84 Å². The lowest BCUT2D eigenvalue weighted by Crippen LogP contribution is -2.33. The third-order valence-electron chi connectivity index (χ3n) is 9.91. The minimum absolute atomic E-state index is 0.312. The molecule has 0 aliphatic carbocycles. The topological polar surface area (TPSA) is 49.9 Å². The molecule has 0 bridgehead atoms. The zero-order valence-corrected chi connectivity index (χ0v) is 27.6. The molecule has 4 nitrogen and oxygen atoms in total. The predicted molar refractivity (Wildman–Crippen MR) is 211 cm³/mol. The van der Waals surface area contributed by atoms with Gasteiger partial charge in [0, 0.05) is 16.3 Å². The van der Waals surface area contributed by atoms with Crippen LogP contribution in [-0.4, -0.2) is 11.7 Å². The fraction of sp³-hybridized carbons (Fsp3) is 0.0213. The van der Waals surface area contributed by atoms with E-state index >= 15 is 0 Å². The van der Waals surface area contributed by atoms with E-state index in [0.29, 0.717) is 5.84 Å². The number of nitrogens with one attached hydrogen (secondary N) is 1. The van der Waals surface area contributed by atoms with Gasteiger partial charge in [0.1, 0.15) is 23.2 Å². The first-order valence-electron chi connectivity index (χ1n) is 17.3. The SMILES string of the molecule is c1ccc(C2=NC(c3ccccc3)NC(c3ccc(-c4cccc(-c5cccc6ccccc56)c4)c4c3oc3cc5ccccc5cc34)=N2)cc1. The number of benzene rings is 8. The fourth-order valence-electron chi connectivity index (χ4n) is 7.43. The molecule has 1 aliphatic rings. The van der Waals surface area contributed by atoms with Crippen molar-refractivity contribution in [2.75, 3.05) is 0 Å². The van der Waals surface area contributed by atoms with E-state index in [9.17, 15) is 0 Å². The molecule has 4 heteroatoms. The summed E-state index contributed by atoms with van der Waals surface area (Å²) >= 11 is 0. The average molecular weight is 654 g/mol. The third-order valence-corrected chi connectivity index (χ3v) is 9.91. The molecule has 0 saturated heterocycles. The minimum atomic E-state index is -0.312. The van der Waals surface area contributed by atoms with E-state index in [4.69, 9.17) is 14.4 Å². The molecule has 9 aromatic rings. The maximum Gasteiger partial charge on any atom is 0.159 e. The number of fused-ring (bicyclic) bond motifs is 5. The smallest absolute Gasteiger partial charge is 0.159 e. The Morgan fingerprint density at radius 2 is 1.10 bits per heavy atom. The van der Waals surface area contributed by atoms with Crippen LogP contribution in [0, 0.1) is 0 Å². The van der Waals surface area contributed by atoms with Crippen molar-refractivity contribution in [2.24, 2.45) is 9.98 Å².